The number of hydrogen-bond donors (Lipinski definition) is 3. The fourth-order valence-corrected chi connectivity index (χ4v) is 18.7. The lowest BCUT2D eigenvalue weighted by Crippen LogP contribution is -2.62. The zero-order valence-corrected chi connectivity index (χ0v) is 36.4. The number of benzene rings is 7. The van der Waals surface area contributed by atoms with E-state index >= 15 is 0 Å². The van der Waals surface area contributed by atoms with Crippen LogP contribution in [0.2, 0.25) is 0 Å². The van der Waals surface area contributed by atoms with Crippen LogP contribution in [0.5, 0.6) is 0 Å². The molecule has 288 valence electrons. The number of hydrogen-bond acceptors (Lipinski definition) is 3. The van der Waals surface area contributed by atoms with Crippen molar-refractivity contribution in [3.63, 3.8) is 0 Å². The summed E-state index contributed by atoms with van der Waals surface area (Å²) < 4.78 is 0. The predicted octanol–water partition coefficient (Wildman–Crippen LogP) is 5.88. The molecule has 0 atom stereocenters. The highest BCUT2D eigenvalue weighted by Gasteiger charge is 2.43. The van der Waals surface area contributed by atoms with Crippen molar-refractivity contribution in [2.75, 3.05) is 0 Å². The molecule has 0 aliphatic carbocycles. The van der Waals surface area contributed by atoms with Gasteiger partial charge in [0.1, 0.15) is 0 Å². The van der Waals surface area contributed by atoms with E-state index in [1.807, 2.05) is 109 Å². The van der Waals surface area contributed by atoms with Crippen LogP contribution in [-0.2, 0) is 37.4 Å². The van der Waals surface area contributed by atoms with E-state index in [2.05, 4.69) is 93.6 Å². The highest BCUT2D eigenvalue weighted by Crippen LogP contribution is 2.35. The van der Waals surface area contributed by atoms with Gasteiger partial charge in [-0.1, -0.05) is 203 Å². The summed E-state index contributed by atoms with van der Waals surface area (Å²) in [7, 11) is -10.2. The van der Waals surface area contributed by atoms with Gasteiger partial charge in [0.2, 0.25) is 0 Å². The second-order valence-electron chi connectivity index (χ2n) is 15.2. The minimum atomic E-state index is -3.39. The molecule has 0 aromatic heterocycles. The van der Waals surface area contributed by atoms with E-state index in [1.165, 1.54) is 33.4 Å². The Morgan fingerprint density at radius 2 is 0.421 bits per heavy atom. The van der Waals surface area contributed by atoms with Gasteiger partial charge in [-0.2, -0.15) is 0 Å². The van der Waals surface area contributed by atoms with Crippen LogP contribution in [0, 0.1) is 0 Å². The smallest absolute Gasteiger partial charge is 0.257 e. The molecule has 0 amide bonds. The van der Waals surface area contributed by atoms with Crippen molar-refractivity contribution in [3.8, 4) is 0 Å². The lowest BCUT2D eigenvalue weighted by Gasteiger charge is -2.36. The van der Waals surface area contributed by atoms with Gasteiger partial charge in [-0.3, -0.25) is 0 Å². The van der Waals surface area contributed by atoms with Crippen LogP contribution in [0.1, 0.15) is 54.2 Å². The molecule has 0 spiro atoms. The maximum atomic E-state index is 13.4. The minimum Gasteiger partial charge on any atom is -0.424 e. The summed E-state index contributed by atoms with van der Waals surface area (Å²) in [6, 6.07) is 63.0. The molecular formula is C51H54O3Si3. The molecular weight excluding hydrogens is 745 g/mol. The van der Waals surface area contributed by atoms with Gasteiger partial charge in [-0.05, 0) is 102 Å². The van der Waals surface area contributed by atoms with E-state index in [0.29, 0.717) is 18.1 Å². The fraction of sp³-hybridized carbons (Fsp3) is 0.176. The zero-order valence-electron chi connectivity index (χ0n) is 33.4. The molecule has 0 radical (unpaired) electrons. The van der Waals surface area contributed by atoms with Crippen LogP contribution < -0.4 is 31.1 Å². The summed E-state index contributed by atoms with van der Waals surface area (Å²) >= 11 is 0. The normalized spacial score (nSPS) is 12.1. The first-order valence-corrected chi connectivity index (χ1v) is 26.9. The van der Waals surface area contributed by atoms with Crippen molar-refractivity contribution in [3.05, 3.63) is 215 Å². The molecule has 7 aromatic carbocycles. The van der Waals surface area contributed by atoms with Gasteiger partial charge in [0.25, 0.3) is 25.0 Å². The molecule has 0 heterocycles. The van der Waals surface area contributed by atoms with Gasteiger partial charge in [0.05, 0.1) is 0 Å². The van der Waals surface area contributed by atoms with E-state index in [9.17, 15) is 14.4 Å². The van der Waals surface area contributed by atoms with E-state index in [-0.39, 0.29) is 0 Å². The highest BCUT2D eigenvalue weighted by molar-refractivity contribution is 6.97. The summed E-state index contributed by atoms with van der Waals surface area (Å²) in [6.07, 6.45) is 2.27. The molecule has 3 nitrogen and oxygen atoms in total. The SMILES string of the molecule is CCc1c(C[Si](O)(c2ccccc2)c2ccccc2)c(CC)c(C[Si](O)(c2ccccc2)c2ccccc2)c(CC)c1C[Si](O)(c1ccccc1)c1ccccc1. The maximum Gasteiger partial charge on any atom is 0.257 e. The second kappa shape index (κ2) is 17.7. The summed E-state index contributed by atoms with van der Waals surface area (Å²) in [5.74, 6) is 0. The zero-order chi connectivity index (χ0) is 39.9. The fourth-order valence-electron chi connectivity index (χ4n) is 9.18. The van der Waals surface area contributed by atoms with Crippen molar-refractivity contribution < 1.29 is 14.4 Å². The third-order valence-electron chi connectivity index (χ3n) is 12.1. The Morgan fingerprint density at radius 1 is 0.263 bits per heavy atom. The molecule has 57 heavy (non-hydrogen) atoms. The molecule has 0 aliphatic rings. The molecule has 0 saturated heterocycles. The monoisotopic (exact) mass is 798 g/mol. The van der Waals surface area contributed by atoms with Gasteiger partial charge in [-0.15, -0.1) is 0 Å². The van der Waals surface area contributed by atoms with E-state index in [4.69, 9.17) is 0 Å². The molecule has 0 saturated carbocycles. The van der Waals surface area contributed by atoms with Gasteiger partial charge < -0.3 is 14.4 Å². The summed E-state index contributed by atoms with van der Waals surface area (Å²) in [6.45, 7) is 6.70. The first kappa shape index (κ1) is 40.3. The maximum absolute atomic E-state index is 13.4. The Morgan fingerprint density at radius 3 is 0.561 bits per heavy atom. The first-order valence-electron chi connectivity index (χ1n) is 20.4. The Bertz CT molecular complexity index is 1950. The summed E-state index contributed by atoms with van der Waals surface area (Å²) in [5, 5.41) is 5.84. The molecule has 3 N–H and O–H groups in total. The largest absolute Gasteiger partial charge is 0.424 e. The Balaban J connectivity index is 1.56. The topological polar surface area (TPSA) is 60.7 Å². The van der Waals surface area contributed by atoms with Crippen LogP contribution in [0.25, 0.3) is 0 Å². The number of rotatable bonds is 15. The molecule has 7 aromatic rings. The molecule has 0 bridgehead atoms. The van der Waals surface area contributed by atoms with Crippen LogP contribution >= 0.6 is 0 Å². The van der Waals surface area contributed by atoms with E-state index in [1.54, 1.807) is 0 Å². The lowest BCUT2D eigenvalue weighted by molar-refractivity contribution is 0.561. The Hall–Kier alpha value is -4.93. The average Bonchev–Trinajstić information content (AvgIpc) is 3.28. The Labute approximate surface area is 342 Å². The van der Waals surface area contributed by atoms with Crippen molar-refractivity contribution in [1.29, 1.82) is 0 Å². The van der Waals surface area contributed by atoms with Crippen molar-refractivity contribution in [2.24, 2.45) is 0 Å². The van der Waals surface area contributed by atoms with Crippen molar-refractivity contribution in [2.45, 2.75) is 58.2 Å². The molecule has 0 fully saturated rings. The van der Waals surface area contributed by atoms with Gasteiger partial charge >= 0.3 is 0 Å². The van der Waals surface area contributed by atoms with Crippen LogP contribution in [0.4, 0.5) is 0 Å². The predicted molar refractivity (Wildman–Crippen MR) is 246 cm³/mol. The third-order valence-corrected chi connectivity index (χ3v) is 22.4. The van der Waals surface area contributed by atoms with E-state index in [0.717, 1.165) is 50.4 Å². The van der Waals surface area contributed by atoms with Gasteiger partial charge in [0, 0.05) is 0 Å². The third kappa shape index (κ3) is 7.99. The van der Waals surface area contributed by atoms with Crippen LogP contribution in [-0.4, -0.2) is 39.3 Å². The quantitative estimate of drug-likeness (QED) is 0.114. The minimum absolute atomic E-state index is 0.491. The van der Waals surface area contributed by atoms with Crippen LogP contribution in [0.3, 0.4) is 0 Å². The molecule has 0 unspecified atom stereocenters. The van der Waals surface area contributed by atoms with E-state index < -0.39 is 25.0 Å². The second-order valence-corrected chi connectivity index (χ2v) is 24.9. The van der Waals surface area contributed by atoms with Crippen molar-refractivity contribution in [1.82, 2.24) is 0 Å². The average molecular weight is 799 g/mol. The van der Waals surface area contributed by atoms with Gasteiger partial charge in [-0.25, -0.2) is 0 Å². The standard InChI is InChI=1S/C51H54O3Si3/c1-4-46-49(37-55(52,40-25-13-7-14-26-40)41-27-15-8-16-28-41)47(5-2)51(39-57(54,44-33-21-11-22-34-44)45-35-23-12-24-36-45)48(6-3)50(46)38-56(53,42-29-17-9-18-30-42)43-31-19-10-20-32-43/h7-36,52-54H,4-6,37-39H2,1-3H3. The van der Waals surface area contributed by atoms with Crippen molar-refractivity contribution >= 4 is 56.1 Å². The molecule has 0 aliphatic heterocycles. The molecule has 6 heteroatoms. The highest BCUT2D eigenvalue weighted by atomic mass is 28.4. The Kier molecular flexibility index (Phi) is 12.5. The molecule has 7 rings (SSSR count). The van der Waals surface area contributed by atoms with Gasteiger partial charge in [0.15, 0.2) is 0 Å². The lowest BCUT2D eigenvalue weighted by atomic mass is 9.85. The summed E-state index contributed by atoms with van der Waals surface area (Å²) in [5.41, 5.74) is 7.23. The van der Waals surface area contributed by atoms with Crippen LogP contribution in [0.15, 0.2) is 182 Å². The first-order chi connectivity index (χ1) is 27.8. The summed E-state index contributed by atoms with van der Waals surface area (Å²) in [4.78, 5) is 40.2.